The van der Waals surface area contributed by atoms with E-state index in [1.54, 1.807) is 50.5 Å². The molecule has 4 rings (SSSR count). The van der Waals surface area contributed by atoms with Crippen molar-refractivity contribution >= 4 is 35.0 Å². The Morgan fingerprint density at radius 2 is 1.12 bits per heavy atom. The molecule has 0 unspecified atom stereocenters. The minimum Gasteiger partial charge on any atom is -0.441 e. The van der Waals surface area contributed by atoms with Gasteiger partial charge in [0, 0.05) is 36.3 Å². The fourth-order valence-electron chi connectivity index (χ4n) is 3.06. The van der Waals surface area contributed by atoms with Gasteiger partial charge in [-0.2, -0.15) is 0 Å². The first-order chi connectivity index (χ1) is 16.0. The van der Waals surface area contributed by atoms with Crippen LogP contribution in [0.1, 0.15) is 11.8 Å². The monoisotopic (exact) mass is 462 g/mol. The van der Waals surface area contributed by atoms with E-state index >= 15 is 0 Å². The van der Waals surface area contributed by atoms with Crippen LogP contribution in [0, 0.1) is 13.8 Å². The van der Waals surface area contributed by atoms with Crippen LogP contribution in [0.15, 0.2) is 69.8 Å². The Kier molecular flexibility index (Phi) is 6.89. The summed E-state index contributed by atoms with van der Waals surface area (Å²) in [5.74, 6) is 2.53. The van der Waals surface area contributed by atoms with Crippen molar-refractivity contribution in [3.05, 3.63) is 72.7 Å². The summed E-state index contributed by atoms with van der Waals surface area (Å²) in [7, 11) is 0. The van der Waals surface area contributed by atoms with Crippen molar-refractivity contribution in [2.24, 2.45) is 0 Å². The fourth-order valence-corrected chi connectivity index (χ4v) is 3.67. The third-order valence-electron chi connectivity index (χ3n) is 4.62. The van der Waals surface area contributed by atoms with Crippen molar-refractivity contribution in [2.75, 3.05) is 22.1 Å². The average molecular weight is 463 g/mol. The van der Waals surface area contributed by atoms with Crippen LogP contribution >= 0.6 is 11.8 Å². The Balaban J connectivity index is 1.19. The van der Waals surface area contributed by atoms with Crippen LogP contribution in [0.4, 0.5) is 11.4 Å². The fraction of sp³-hybridized carbons (Fsp3) is 0.167. The molecule has 2 N–H and O–H groups in total. The zero-order valence-electron chi connectivity index (χ0n) is 18.1. The van der Waals surface area contributed by atoms with Gasteiger partial charge < -0.3 is 19.5 Å². The summed E-state index contributed by atoms with van der Waals surface area (Å²) in [5.41, 5.74) is 3.10. The highest BCUT2D eigenvalue weighted by Gasteiger charge is 2.09. The summed E-state index contributed by atoms with van der Waals surface area (Å²) < 4.78 is 11.0. The van der Waals surface area contributed by atoms with Gasteiger partial charge in [-0.1, -0.05) is 0 Å². The number of nitrogens with zero attached hydrogens (tertiary/aromatic N) is 2. The molecule has 2 aromatic carbocycles. The van der Waals surface area contributed by atoms with E-state index < -0.39 is 0 Å². The molecule has 0 aliphatic rings. The molecule has 0 atom stereocenters. The topological polar surface area (TPSA) is 110 Å². The van der Waals surface area contributed by atoms with Gasteiger partial charge in [0.15, 0.2) is 23.3 Å². The lowest BCUT2D eigenvalue weighted by Crippen LogP contribution is -2.18. The standard InChI is InChI=1S/C24H22N4O4S/c1-15-25-11-21(31-15)17-3-7-19(8-4-17)27-23(29)13-33-14-24(30)28-20-9-5-18(6-10-20)22-12-26-16(2)32-22/h3-12H,13-14H2,1-2H3,(H,27,29)(H,28,30). The van der Waals surface area contributed by atoms with Crippen LogP contribution < -0.4 is 10.6 Å². The van der Waals surface area contributed by atoms with Crippen molar-refractivity contribution in [2.45, 2.75) is 13.8 Å². The number of carbonyl (C=O) groups excluding carboxylic acids is 2. The minimum absolute atomic E-state index is 0.167. The Morgan fingerprint density at radius 1 is 0.727 bits per heavy atom. The maximum atomic E-state index is 12.2. The molecular formula is C24H22N4O4S. The predicted molar refractivity (Wildman–Crippen MR) is 128 cm³/mol. The maximum Gasteiger partial charge on any atom is 0.234 e. The lowest BCUT2D eigenvalue weighted by atomic mass is 10.2. The summed E-state index contributed by atoms with van der Waals surface area (Å²) >= 11 is 1.24. The van der Waals surface area contributed by atoms with Crippen molar-refractivity contribution in [1.29, 1.82) is 0 Å². The second kappa shape index (κ2) is 10.2. The molecule has 4 aromatic rings. The number of hydrogen-bond acceptors (Lipinski definition) is 7. The van der Waals surface area contributed by atoms with Gasteiger partial charge in [-0.3, -0.25) is 9.59 Å². The van der Waals surface area contributed by atoms with Gasteiger partial charge in [0.25, 0.3) is 0 Å². The van der Waals surface area contributed by atoms with E-state index in [1.165, 1.54) is 11.8 Å². The molecule has 2 amide bonds. The summed E-state index contributed by atoms with van der Waals surface area (Å²) in [6.07, 6.45) is 3.33. The number of oxazole rings is 2. The summed E-state index contributed by atoms with van der Waals surface area (Å²) in [6, 6.07) is 14.6. The quantitative estimate of drug-likeness (QED) is 0.382. The lowest BCUT2D eigenvalue weighted by molar-refractivity contribution is -0.114. The summed E-state index contributed by atoms with van der Waals surface area (Å²) in [4.78, 5) is 32.5. The molecule has 0 aliphatic heterocycles. The number of amides is 2. The Hall–Kier alpha value is -3.85. The number of aromatic nitrogens is 2. The molecule has 0 saturated heterocycles. The van der Waals surface area contributed by atoms with Crippen LogP contribution in [0.5, 0.6) is 0 Å². The summed E-state index contributed by atoms with van der Waals surface area (Å²) in [5, 5.41) is 5.64. The molecule has 2 heterocycles. The van der Waals surface area contributed by atoms with Crippen LogP contribution in [-0.2, 0) is 9.59 Å². The second-order valence-electron chi connectivity index (χ2n) is 7.23. The largest absolute Gasteiger partial charge is 0.441 e. The molecule has 0 aliphatic carbocycles. The van der Waals surface area contributed by atoms with Crippen LogP contribution in [0.3, 0.4) is 0 Å². The molecular weight excluding hydrogens is 440 g/mol. The van der Waals surface area contributed by atoms with Gasteiger partial charge in [0.2, 0.25) is 11.8 Å². The van der Waals surface area contributed by atoms with E-state index in [4.69, 9.17) is 8.83 Å². The van der Waals surface area contributed by atoms with Gasteiger partial charge >= 0.3 is 0 Å². The molecule has 0 saturated carbocycles. The zero-order valence-corrected chi connectivity index (χ0v) is 18.9. The highest BCUT2D eigenvalue weighted by Crippen LogP contribution is 2.23. The van der Waals surface area contributed by atoms with Crippen molar-refractivity contribution in [1.82, 2.24) is 9.97 Å². The first-order valence-electron chi connectivity index (χ1n) is 10.2. The maximum absolute atomic E-state index is 12.2. The van der Waals surface area contributed by atoms with E-state index in [9.17, 15) is 9.59 Å². The molecule has 0 spiro atoms. The Morgan fingerprint density at radius 3 is 1.45 bits per heavy atom. The van der Waals surface area contributed by atoms with Crippen LogP contribution in [0.2, 0.25) is 0 Å². The number of rotatable bonds is 8. The second-order valence-corrected chi connectivity index (χ2v) is 8.22. The number of hydrogen-bond donors (Lipinski definition) is 2. The minimum atomic E-state index is -0.178. The van der Waals surface area contributed by atoms with E-state index in [1.807, 2.05) is 24.3 Å². The normalized spacial score (nSPS) is 10.7. The third-order valence-corrected chi connectivity index (χ3v) is 5.55. The first kappa shape index (κ1) is 22.3. The average Bonchev–Trinajstić information content (AvgIpc) is 3.43. The van der Waals surface area contributed by atoms with Gasteiger partial charge in [-0.05, 0) is 48.5 Å². The molecule has 2 aromatic heterocycles. The molecule has 33 heavy (non-hydrogen) atoms. The van der Waals surface area contributed by atoms with Gasteiger partial charge in [0.05, 0.1) is 23.9 Å². The smallest absolute Gasteiger partial charge is 0.234 e. The predicted octanol–water partition coefficient (Wildman–Crippen LogP) is 4.92. The number of anilines is 2. The number of thioether (sulfide) groups is 1. The Labute approximate surface area is 194 Å². The van der Waals surface area contributed by atoms with Crippen LogP contribution in [0.25, 0.3) is 22.6 Å². The molecule has 8 nitrogen and oxygen atoms in total. The molecule has 0 radical (unpaired) electrons. The first-order valence-corrected chi connectivity index (χ1v) is 11.3. The highest BCUT2D eigenvalue weighted by molar-refractivity contribution is 8.00. The van der Waals surface area contributed by atoms with E-state index in [0.29, 0.717) is 34.7 Å². The van der Waals surface area contributed by atoms with Gasteiger partial charge in [-0.25, -0.2) is 9.97 Å². The van der Waals surface area contributed by atoms with Crippen LogP contribution in [-0.4, -0.2) is 33.3 Å². The number of benzene rings is 2. The SMILES string of the molecule is Cc1ncc(-c2ccc(NC(=O)CSCC(=O)Nc3ccc(-c4cnc(C)o4)cc3)cc2)o1. The van der Waals surface area contributed by atoms with E-state index in [0.717, 1.165) is 11.1 Å². The van der Waals surface area contributed by atoms with Gasteiger partial charge in [-0.15, -0.1) is 11.8 Å². The molecule has 0 fully saturated rings. The van der Waals surface area contributed by atoms with E-state index in [2.05, 4.69) is 20.6 Å². The molecule has 168 valence electrons. The zero-order chi connectivity index (χ0) is 23.2. The highest BCUT2D eigenvalue weighted by atomic mass is 32.2. The number of carbonyl (C=O) groups is 2. The summed E-state index contributed by atoms with van der Waals surface area (Å²) in [6.45, 7) is 3.57. The van der Waals surface area contributed by atoms with Crippen molar-refractivity contribution in [3.8, 4) is 22.6 Å². The van der Waals surface area contributed by atoms with E-state index in [-0.39, 0.29) is 23.3 Å². The molecule has 9 heteroatoms. The van der Waals surface area contributed by atoms with Crippen molar-refractivity contribution in [3.63, 3.8) is 0 Å². The number of aryl methyl sites for hydroxylation is 2. The molecule has 0 bridgehead atoms. The lowest BCUT2D eigenvalue weighted by Gasteiger charge is -2.07. The Bertz CT molecular complexity index is 1150. The third kappa shape index (κ3) is 6.11. The van der Waals surface area contributed by atoms with Gasteiger partial charge in [0.1, 0.15) is 0 Å². The van der Waals surface area contributed by atoms with Crippen molar-refractivity contribution < 1.29 is 18.4 Å². The number of nitrogens with one attached hydrogen (secondary N) is 2.